The van der Waals surface area contributed by atoms with Crippen molar-refractivity contribution in [2.75, 3.05) is 10.6 Å². The Balaban J connectivity index is 1.79. The van der Waals surface area contributed by atoms with E-state index in [0.717, 1.165) is 28.7 Å². The first-order valence-electron chi connectivity index (χ1n) is 11.1. The van der Waals surface area contributed by atoms with Gasteiger partial charge in [0.15, 0.2) is 0 Å². The molecule has 3 N–H and O–H groups in total. The molecule has 2 amide bonds. The molecule has 0 saturated carbocycles. The van der Waals surface area contributed by atoms with Crippen LogP contribution in [0.4, 0.5) is 11.4 Å². The molecule has 33 heavy (non-hydrogen) atoms. The van der Waals surface area contributed by atoms with Crippen LogP contribution in [0.5, 0.6) is 0 Å². The fourth-order valence-corrected chi connectivity index (χ4v) is 4.03. The summed E-state index contributed by atoms with van der Waals surface area (Å²) in [6.07, 6.45) is 0.791. The van der Waals surface area contributed by atoms with Crippen molar-refractivity contribution >= 4 is 28.9 Å². The summed E-state index contributed by atoms with van der Waals surface area (Å²) in [5.74, 6) is -0.920. The van der Waals surface area contributed by atoms with Gasteiger partial charge < -0.3 is 16.0 Å². The van der Waals surface area contributed by atoms with Gasteiger partial charge in [0.1, 0.15) is 5.57 Å². The van der Waals surface area contributed by atoms with E-state index >= 15 is 0 Å². The molecule has 3 aromatic rings. The molecule has 0 unspecified atom stereocenters. The monoisotopic (exact) mass is 439 g/mol. The van der Waals surface area contributed by atoms with Gasteiger partial charge in [-0.3, -0.25) is 9.59 Å². The standard InChI is InChI=1S/C28H29N3O2/c1-18-9-13-21(14-10-18)29-26(32)24(27(33)30-22-15-11-19(2)12-16-22)25-23-8-6-5-7-20(23)17-28(3,4)31-25/h5-16,31H,17H2,1-4H3,(H,29,32)(H,30,33). The number of nitrogens with one attached hydrogen (secondary N) is 3. The van der Waals surface area contributed by atoms with Crippen molar-refractivity contribution in [3.8, 4) is 0 Å². The van der Waals surface area contributed by atoms with Gasteiger partial charge in [-0.05, 0) is 63.9 Å². The molecule has 4 rings (SSSR count). The summed E-state index contributed by atoms with van der Waals surface area (Å²) in [6, 6.07) is 22.9. The maximum absolute atomic E-state index is 13.5. The van der Waals surface area contributed by atoms with Crippen molar-refractivity contribution in [3.05, 3.63) is 101 Å². The summed E-state index contributed by atoms with van der Waals surface area (Å²) in [5, 5.41) is 9.26. The molecule has 0 saturated heterocycles. The van der Waals surface area contributed by atoms with Crippen LogP contribution in [0.2, 0.25) is 0 Å². The Labute approximate surface area is 194 Å². The number of rotatable bonds is 4. The SMILES string of the molecule is Cc1ccc(NC(=O)C(C(=O)Nc2ccc(C)cc2)=C2NC(C)(C)Cc3ccccc32)cc1. The van der Waals surface area contributed by atoms with E-state index in [1.807, 2.05) is 86.6 Å². The lowest BCUT2D eigenvalue weighted by Crippen LogP contribution is -2.45. The van der Waals surface area contributed by atoms with Gasteiger partial charge in [-0.1, -0.05) is 59.7 Å². The minimum Gasteiger partial charge on any atom is -0.379 e. The molecule has 5 heteroatoms. The first-order valence-corrected chi connectivity index (χ1v) is 11.1. The van der Waals surface area contributed by atoms with E-state index in [1.54, 1.807) is 0 Å². The molecule has 1 aliphatic heterocycles. The van der Waals surface area contributed by atoms with E-state index < -0.39 is 11.8 Å². The summed E-state index contributed by atoms with van der Waals surface area (Å²) < 4.78 is 0. The molecule has 168 valence electrons. The van der Waals surface area contributed by atoms with Crippen molar-refractivity contribution in [1.82, 2.24) is 5.32 Å². The zero-order valence-electron chi connectivity index (χ0n) is 19.5. The van der Waals surface area contributed by atoms with Crippen LogP contribution < -0.4 is 16.0 Å². The van der Waals surface area contributed by atoms with Crippen LogP contribution in [-0.2, 0) is 16.0 Å². The second-order valence-electron chi connectivity index (χ2n) is 9.23. The minimum absolute atomic E-state index is 0.0522. The van der Waals surface area contributed by atoms with Gasteiger partial charge in [0, 0.05) is 22.5 Å². The minimum atomic E-state index is -0.460. The van der Waals surface area contributed by atoms with Crippen LogP contribution in [0.3, 0.4) is 0 Å². The average molecular weight is 440 g/mol. The van der Waals surface area contributed by atoms with E-state index in [0.29, 0.717) is 17.1 Å². The van der Waals surface area contributed by atoms with Gasteiger partial charge in [0.25, 0.3) is 11.8 Å². The summed E-state index contributed by atoms with van der Waals surface area (Å²) in [5.41, 5.74) is 5.69. The Morgan fingerprint density at radius 3 is 1.76 bits per heavy atom. The number of carbonyl (C=O) groups is 2. The number of carbonyl (C=O) groups excluding carboxylic acids is 2. The Hall–Kier alpha value is -3.86. The lowest BCUT2D eigenvalue weighted by atomic mass is 9.84. The van der Waals surface area contributed by atoms with E-state index in [-0.39, 0.29) is 11.1 Å². The molecule has 0 radical (unpaired) electrons. The summed E-state index contributed by atoms with van der Waals surface area (Å²) in [6.45, 7) is 8.10. The number of hydrogen-bond donors (Lipinski definition) is 3. The molecule has 0 atom stereocenters. The fraction of sp³-hybridized carbons (Fsp3) is 0.214. The van der Waals surface area contributed by atoms with E-state index in [2.05, 4.69) is 29.8 Å². The highest BCUT2D eigenvalue weighted by molar-refractivity contribution is 6.30. The zero-order chi connectivity index (χ0) is 23.6. The quantitative estimate of drug-likeness (QED) is 0.297. The molecule has 0 aliphatic carbocycles. The maximum atomic E-state index is 13.5. The third kappa shape index (κ3) is 5.14. The number of amides is 2. The number of benzene rings is 3. The van der Waals surface area contributed by atoms with Gasteiger partial charge in [-0.15, -0.1) is 0 Å². The molecule has 1 aliphatic rings. The lowest BCUT2D eigenvalue weighted by Gasteiger charge is -2.36. The topological polar surface area (TPSA) is 70.2 Å². The molecular weight excluding hydrogens is 410 g/mol. The van der Waals surface area contributed by atoms with Crippen LogP contribution in [0.25, 0.3) is 5.70 Å². The normalized spacial score (nSPS) is 14.0. The van der Waals surface area contributed by atoms with Crippen molar-refractivity contribution in [2.45, 2.75) is 39.7 Å². The molecule has 1 heterocycles. The third-order valence-corrected chi connectivity index (χ3v) is 5.71. The number of aryl methyl sites for hydroxylation is 2. The van der Waals surface area contributed by atoms with Crippen molar-refractivity contribution in [3.63, 3.8) is 0 Å². The van der Waals surface area contributed by atoms with E-state index in [9.17, 15) is 9.59 Å². The van der Waals surface area contributed by atoms with Gasteiger partial charge in [0.2, 0.25) is 0 Å². The molecule has 0 fully saturated rings. The Kier molecular flexibility index (Phi) is 6.05. The van der Waals surface area contributed by atoms with Gasteiger partial charge in [0.05, 0.1) is 5.70 Å². The number of fused-ring (bicyclic) bond motifs is 1. The predicted molar refractivity (Wildman–Crippen MR) is 134 cm³/mol. The lowest BCUT2D eigenvalue weighted by molar-refractivity contribution is -0.118. The summed E-state index contributed by atoms with van der Waals surface area (Å²) >= 11 is 0. The summed E-state index contributed by atoms with van der Waals surface area (Å²) in [7, 11) is 0. The van der Waals surface area contributed by atoms with Crippen molar-refractivity contribution in [1.29, 1.82) is 0 Å². The molecular formula is C28H29N3O2. The highest BCUT2D eigenvalue weighted by Gasteiger charge is 2.33. The van der Waals surface area contributed by atoms with Crippen LogP contribution in [0.15, 0.2) is 78.4 Å². The second kappa shape index (κ2) is 8.94. The molecule has 5 nitrogen and oxygen atoms in total. The first kappa shape index (κ1) is 22.3. The smallest absolute Gasteiger partial charge is 0.263 e. The van der Waals surface area contributed by atoms with Crippen LogP contribution in [0, 0.1) is 13.8 Å². The Bertz CT molecular complexity index is 1160. The van der Waals surface area contributed by atoms with Crippen molar-refractivity contribution in [2.24, 2.45) is 0 Å². The highest BCUT2D eigenvalue weighted by atomic mass is 16.2. The number of anilines is 2. The van der Waals surface area contributed by atoms with Gasteiger partial charge in [-0.2, -0.15) is 0 Å². The van der Waals surface area contributed by atoms with Gasteiger partial charge in [-0.25, -0.2) is 0 Å². The van der Waals surface area contributed by atoms with Crippen molar-refractivity contribution < 1.29 is 9.59 Å². The van der Waals surface area contributed by atoms with Crippen LogP contribution in [-0.4, -0.2) is 17.4 Å². The zero-order valence-corrected chi connectivity index (χ0v) is 19.5. The van der Waals surface area contributed by atoms with E-state index in [4.69, 9.17) is 0 Å². The Morgan fingerprint density at radius 1 is 0.758 bits per heavy atom. The second-order valence-corrected chi connectivity index (χ2v) is 9.23. The molecule has 0 bridgehead atoms. The largest absolute Gasteiger partial charge is 0.379 e. The van der Waals surface area contributed by atoms with E-state index in [1.165, 1.54) is 0 Å². The third-order valence-electron chi connectivity index (χ3n) is 5.71. The Morgan fingerprint density at radius 2 is 1.24 bits per heavy atom. The predicted octanol–water partition coefficient (Wildman–Crippen LogP) is 5.22. The van der Waals surface area contributed by atoms with Crippen LogP contribution >= 0.6 is 0 Å². The molecule has 0 spiro atoms. The highest BCUT2D eigenvalue weighted by Crippen LogP contribution is 2.32. The maximum Gasteiger partial charge on any atom is 0.263 e. The van der Waals surface area contributed by atoms with Gasteiger partial charge >= 0.3 is 0 Å². The van der Waals surface area contributed by atoms with Crippen LogP contribution in [0.1, 0.15) is 36.1 Å². The summed E-state index contributed by atoms with van der Waals surface area (Å²) in [4.78, 5) is 27.1. The number of hydrogen-bond acceptors (Lipinski definition) is 3. The fourth-order valence-electron chi connectivity index (χ4n) is 4.03. The first-order chi connectivity index (χ1) is 15.7. The average Bonchev–Trinajstić information content (AvgIpc) is 2.76. The molecule has 0 aromatic heterocycles. The molecule has 3 aromatic carbocycles.